The third-order valence-electron chi connectivity index (χ3n) is 5.13. The SMILES string of the molecule is O=C(CCSc1ccccc1)NC(=O)COC(=O)c1cccc2c1C(=O)c1ccccc1C2=O. The molecule has 3 aromatic carbocycles. The molecule has 0 aromatic heterocycles. The van der Waals surface area contributed by atoms with Crippen LogP contribution in [0.2, 0.25) is 0 Å². The summed E-state index contributed by atoms with van der Waals surface area (Å²) in [6, 6.07) is 20.2. The predicted molar refractivity (Wildman–Crippen MR) is 125 cm³/mol. The van der Waals surface area contributed by atoms with E-state index in [-0.39, 0.29) is 40.0 Å². The van der Waals surface area contributed by atoms with Crippen molar-refractivity contribution in [3.63, 3.8) is 0 Å². The van der Waals surface area contributed by atoms with E-state index in [1.807, 2.05) is 30.3 Å². The van der Waals surface area contributed by atoms with Crippen molar-refractivity contribution < 1.29 is 28.7 Å². The van der Waals surface area contributed by atoms with E-state index >= 15 is 0 Å². The van der Waals surface area contributed by atoms with E-state index < -0.39 is 30.2 Å². The number of benzene rings is 3. The van der Waals surface area contributed by atoms with Crippen LogP contribution in [0, 0.1) is 0 Å². The topological polar surface area (TPSA) is 107 Å². The third-order valence-corrected chi connectivity index (χ3v) is 6.14. The normalized spacial score (nSPS) is 11.9. The van der Waals surface area contributed by atoms with Gasteiger partial charge in [0.05, 0.1) is 5.56 Å². The number of ketones is 2. The summed E-state index contributed by atoms with van der Waals surface area (Å²) in [6.07, 6.45) is 0.113. The first-order valence-corrected chi connectivity index (χ1v) is 11.4. The lowest BCUT2D eigenvalue weighted by atomic mass is 9.82. The Hall–Kier alpha value is -4.04. The molecule has 0 saturated heterocycles. The number of esters is 1. The Kier molecular flexibility index (Phi) is 6.98. The van der Waals surface area contributed by atoms with Crippen molar-refractivity contribution in [1.29, 1.82) is 0 Å². The maximum absolute atomic E-state index is 13.0. The standard InChI is InChI=1S/C26H19NO6S/c28-21(13-14-34-16-7-2-1-3-8-16)27-22(29)15-33-26(32)20-12-6-11-19-23(20)25(31)18-10-5-4-9-17(18)24(19)30/h1-12H,13-15H2,(H,27,28,29). The summed E-state index contributed by atoms with van der Waals surface area (Å²) in [5, 5.41) is 2.17. The molecule has 1 aliphatic rings. The first-order chi connectivity index (χ1) is 16.5. The second-order valence-electron chi connectivity index (χ2n) is 7.39. The number of carbonyl (C=O) groups excluding carboxylic acids is 5. The predicted octanol–water partition coefficient (Wildman–Crippen LogP) is 3.44. The summed E-state index contributed by atoms with van der Waals surface area (Å²) >= 11 is 1.48. The number of imide groups is 1. The molecular weight excluding hydrogens is 454 g/mol. The average Bonchev–Trinajstić information content (AvgIpc) is 2.86. The number of amides is 2. The molecule has 0 atom stereocenters. The molecule has 170 valence electrons. The van der Waals surface area contributed by atoms with Crippen molar-refractivity contribution in [3.05, 3.63) is 101 Å². The van der Waals surface area contributed by atoms with Crippen molar-refractivity contribution in [2.75, 3.05) is 12.4 Å². The highest BCUT2D eigenvalue weighted by molar-refractivity contribution is 7.99. The number of fused-ring (bicyclic) bond motifs is 2. The molecule has 0 heterocycles. The Balaban J connectivity index is 1.35. The van der Waals surface area contributed by atoms with Crippen LogP contribution in [-0.2, 0) is 14.3 Å². The van der Waals surface area contributed by atoms with Gasteiger partial charge in [0, 0.05) is 39.3 Å². The summed E-state index contributed by atoms with van der Waals surface area (Å²) in [5.74, 6) is -2.54. The third kappa shape index (κ3) is 4.97. The number of carbonyl (C=O) groups is 5. The van der Waals surface area contributed by atoms with Gasteiger partial charge in [0.1, 0.15) is 0 Å². The molecule has 4 rings (SSSR count). The van der Waals surface area contributed by atoms with Gasteiger partial charge >= 0.3 is 5.97 Å². The quantitative estimate of drug-likeness (QED) is 0.324. The fourth-order valence-electron chi connectivity index (χ4n) is 3.56. The number of thioether (sulfide) groups is 1. The smallest absolute Gasteiger partial charge is 0.339 e. The molecule has 0 bridgehead atoms. The molecule has 8 heteroatoms. The Labute approximate surface area is 199 Å². The van der Waals surface area contributed by atoms with Crippen LogP contribution in [0.25, 0.3) is 0 Å². The number of hydrogen-bond donors (Lipinski definition) is 1. The lowest BCUT2D eigenvalue weighted by Crippen LogP contribution is -2.34. The molecule has 0 spiro atoms. The van der Waals surface area contributed by atoms with Gasteiger partial charge in [0.15, 0.2) is 18.2 Å². The summed E-state index contributed by atoms with van der Waals surface area (Å²) < 4.78 is 5.03. The monoisotopic (exact) mass is 473 g/mol. The second kappa shape index (κ2) is 10.3. The summed E-state index contributed by atoms with van der Waals surface area (Å²) in [6.45, 7) is -0.696. The first-order valence-electron chi connectivity index (χ1n) is 10.4. The minimum absolute atomic E-state index is 0.0504. The Morgan fingerprint density at radius 3 is 2.12 bits per heavy atom. The number of ether oxygens (including phenoxy) is 1. The first kappa shape index (κ1) is 23.1. The van der Waals surface area contributed by atoms with Crippen LogP contribution >= 0.6 is 11.8 Å². The maximum atomic E-state index is 13.0. The van der Waals surface area contributed by atoms with Crippen LogP contribution in [-0.4, -0.2) is 41.7 Å². The molecule has 1 aliphatic carbocycles. The molecule has 0 radical (unpaired) electrons. The summed E-state index contributed by atoms with van der Waals surface area (Å²) in [4.78, 5) is 63.5. The molecule has 0 aliphatic heterocycles. The van der Waals surface area contributed by atoms with Crippen molar-refractivity contribution >= 4 is 41.1 Å². The van der Waals surface area contributed by atoms with Crippen LogP contribution in [0.3, 0.4) is 0 Å². The van der Waals surface area contributed by atoms with E-state index in [0.29, 0.717) is 5.75 Å². The minimum Gasteiger partial charge on any atom is -0.452 e. The summed E-state index contributed by atoms with van der Waals surface area (Å²) in [5.41, 5.74) is 0.425. The lowest BCUT2D eigenvalue weighted by Gasteiger charge is -2.19. The molecular formula is C26H19NO6S. The highest BCUT2D eigenvalue weighted by atomic mass is 32.2. The van der Waals surface area contributed by atoms with Crippen LogP contribution in [0.15, 0.2) is 77.7 Å². The van der Waals surface area contributed by atoms with Gasteiger partial charge in [-0.3, -0.25) is 24.5 Å². The molecule has 2 amide bonds. The number of rotatable bonds is 7. The van der Waals surface area contributed by atoms with Gasteiger partial charge in [-0.2, -0.15) is 0 Å². The Morgan fingerprint density at radius 2 is 1.38 bits per heavy atom. The Bertz CT molecular complexity index is 1300. The van der Waals surface area contributed by atoms with E-state index in [9.17, 15) is 24.0 Å². The minimum atomic E-state index is -0.931. The zero-order chi connectivity index (χ0) is 24.1. The zero-order valence-electron chi connectivity index (χ0n) is 17.9. The van der Waals surface area contributed by atoms with E-state index in [2.05, 4.69) is 5.32 Å². The molecule has 7 nitrogen and oxygen atoms in total. The van der Waals surface area contributed by atoms with Crippen LogP contribution in [0.4, 0.5) is 0 Å². The van der Waals surface area contributed by atoms with Crippen LogP contribution in [0.5, 0.6) is 0 Å². The zero-order valence-corrected chi connectivity index (χ0v) is 18.7. The van der Waals surface area contributed by atoms with E-state index in [1.54, 1.807) is 18.2 Å². The van der Waals surface area contributed by atoms with Gasteiger partial charge in [-0.1, -0.05) is 54.6 Å². The average molecular weight is 474 g/mol. The van der Waals surface area contributed by atoms with Crippen LogP contribution in [0.1, 0.15) is 48.6 Å². The van der Waals surface area contributed by atoms with Gasteiger partial charge < -0.3 is 4.74 Å². The van der Waals surface area contributed by atoms with E-state index in [4.69, 9.17) is 4.74 Å². The highest BCUT2D eigenvalue weighted by Crippen LogP contribution is 2.29. The molecule has 0 saturated carbocycles. The van der Waals surface area contributed by atoms with Gasteiger partial charge in [-0.15, -0.1) is 11.8 Å². The van der Waals surface area contributed by atoms with Gasteiger partial charge in [-0.25, -0.2) is 4.79 Å². The molecule has 0 fully saturated rings. The fraction of sp³-hybridized carbons (Fsp3) is 0.115. The maximum Gasteiger partial charge on any atom is 0.339 e. The van der Waals surface area contributed by atoms with Crippen molar-refractivity contribution in [1.82, 2.24) is 5.32 Å². The number of nitrogens with one attached hydrogen (secondary N) is 1. The molecule has 0 unspecified atom stereocenters. The van der Waals surface area contributed by atoms with E-state index in [1.165, 1.54) is 36.0 Å². The molecule has 3 aromatic rings. The van der Waals surface area contributed by atoms with Crippen LogP contribution < -0.4 is 5.32 Å². The molecule has 34 heavy (non-hydrogen) atoms. The van der Waals surface area contributed by atoms with Gasteiger partial charge in [-0.05, 0) is 18.2 Å². The van der Waals surface area contributed by atoms with Gasteiger partial charge in [0.25, 0.3) is 5.91 Å². The van der Waals surface area contributed by atoms with Crippen molar-refractivity contribution in [3.8, 4) is 0 Å². The summed E-state index contributed by atoms with van der Waals surface area (Å²) in [7, 11) is 0. The number of hydrogen-bond acceptors (Lipinski definition) is 7. The van der Waals surface area contributed by atoms with Crippen molar-refractivity contribution in [2.24, 2.45) is 0 Å². The highest BCUT2D eigenvalue weighted by Gasteiger charge is 2.33. The molecule has 1 N–H and O–H groups in total. The fourth-order valence-corrected chi connectivity index (χ4v) is 4.43. The Morgan fingerprint density at radius 1 is 0.735 bits per heavy atom. The van der Waals surface area contributed by atoms with E-state index in [0.717, 1.165) is 4.90 Å². The van der Waals surface area contributed by atoms with Crippen molar-refractivity contribution in [2.45, 2.75) is 11.3 Å². The van der Waals surface area contributed by atoms with Gasteiger partial charge in [0.2, 0.25) is 5.91 Å². The largest absolute Gasteiger partial charge is 0.452 e. The second-order valence-corrected chi connectivity index (χ2v) is 8.56. The lowest BCUT2D eigenvalue weighted by molar-refractivity contribution is -0.132.